The van der Waals surface area contributed by atoms with Gasteiger partial charge in [-0.3, -0.25) is 4.79 Å². The molecule has 0 fully saturated rings. The van der Waals surface area contributed by atoms with Crippen LogP contribution in [0.3, 0.4) is 0 Å². The summed E-state index contributed by atoms with van der Waals surface area (Å²) in [7, 11) is 0. The van der Waals surface area contributed by atoms with Gasteiger partial charge in [0.05, 0.1) is 0 Å². The quantitative estimate of drug-likeness (QED) is 0.824. The van der Waals surface area contributed by atoms with Crippen molar-refractivity contribution in [1.82, 2.24) is 4.98 Å². The van der Waals surface area contributed by atoms with E-state index < -0.39 is 0 Å². The number of nitrogens with one attached hydrogen (secondary N) is 1. The third-order valence-corrected chi connectivity index (χ3v) is 3.00. The van der Waals surface area contributed by atoms with Gasteiger partial charge in [-0.25, -0.2) is 4.98 Å². The number of amides is 1. The van der Waals surface area contributed by atoms with Crippen LogP contribution in [0.15, 0.2) is 29.0 Å². The minimum Gasteiger partial charge on any atom is -0.447 e. The summed E-state index contributed by atoms with van der Waals surface area (Å²) < 4.78 is 5.33. The van der Waals surface area contributed by atoms with Gasteiger partial charge in [-0.1, -0.05) is 26.8 Å². The summed E-state index contributed by atoms with van der Waals surface area (Å²) in [6.45, 7) is 7.81. The lowest BCUT2D eigenvalue weighted by Crippen LogP contribution is -2.20. The van der Waals surface area contributed by atoms with E-state index >= 15 is 0 Å². The summed E-state index contributed by atoms with van der Waals surface area (Å²) in [5.74, 6) is 0.266. The highest BCUT2D eigenvalue weighted by Gasteiger charge is 2.27. The topological polar surface area (TPSA) is 81.2 Å². The van der Waals surface area contributed by atoms with Gasteiger partial charge < -0.3 is 15.5 Å². The van der Waals surface area contributed by atoms with Crippen molar-refractivity contribution in [2.75, 3.05) is 11.1 Å². The zero-order valence-electron chi connectivity index (χ0n) is 12.2. The van der Waals surface area contributed by atoms with Crippen molar-refractivity contribution < 1.29 is 9.21 Å². The third-order valence-electron chi connectivity index (χ3n) is 3.00. The maximum atomic E-state index is 12.3. The molecule has 1 amide bonds. The monoisotopic (exact) mass is 273 g/mol. The maximum absolute atomic E-state index is 12.3. The molecule has 1 heterocycles. The van der Waals surface area contributed by atoms with Gasteiger partial charge in [0.2, 0.25) is 0 Å². The van der Waals surface area contributed by atoms with Crippen LogP contribution in [0.2, 0.25) is 0 Å². The molecule has 2 aromatic rings. The lowest BCUT2D eigenvalue weighted by Gasteiger charge is -2.16. The fraction of sp³-hybridized carbons (Fsp3) is 0.333. The third kappa shape index (κ3) is 2.82. The number of carbonyl (C=O) groups is 1. The molecule has 2 rings (SSSR count). The van der Waals surface area contributed by atoms with E-state index in [0.29, 0.717) is 22.8 Å². The summed E-state index contributed by atoms with van der Waals surface area (Å²) in [5, 5.41) is 2.78. The molecular weight excluding hydrogens is 254 g/mol. The Morgan fingerprint density at radius 3 is 2.65 bits per heavy atom. The van der Waals surface area contributed by atoms with Crippen LogP contribution in [0.25, 0.3) is 0 Å². The number of anilines is 2. The highest BCUT2D eigenvalue weighted by molar-refractivity contribution is 6.03. The second-order valence-corrected chi connectivity index (χ2v) is 5.81. The van der Waals surface area contributed by atoms with Crippen LogP contribution < -0.4 is 11.1 Å². The molecule has 0 saturated heterocycles. The van der Waals surface area contributed by atoms with E-state index in [2.05, 4.69) is 10.3 Å². The summed E-state index contributed by atoms with van der Waals surface area (Å²) in [6.07, 6.45) is 1.29. The van der Waals surface area contributed by atoms with E-state index in [1.54, 1.807) is 12.1 Å². The van der Waals surface area contributed by atoms with Gasteiger partial charge in [-0.15, -0.1) is 0 Å². The number of hydrogen-bond acceptors (Lipinski definition) is 4. The normalized spacial score (nSPS) is 11.4. The van der Waals surface area contributed by atoms with Gasteiger partial charge in [0.15, 0.2) is 12.1 Å². The zero-order chi connectivity index (χ0) is 14.9. The van der Waals surface area contributed by atoms with Crippen molar-refractivity contribution in [2.24, 2.45) is 0 Å². The molecule has 0 aliphatic rings. The Balaban J connectivity index is 2.25. The molecule has 3 N–H and O–H groups in total. The Labute approximate surface area is 118 Å². The number of benzene rings is 1. The maximum Gasteiger partial charge on any atom is 0.277 e. The van der Waals surface area contributed by atoms with Crippen LogP contribution in [-0.2, 0) is 5.41 Å². The van der Waals surface area contributed by atoms with Gasteiger partial charge in [0, 0.05) is 16.8 Å². The SMILES string of the molecule is Cc1ccc(NC(=O)c2ncoc2C(C)(C)C)cc1N. The van der Waals surface area contributed by atoms with Crippen LogP contribution in [0.4, 0.5) is 11.4 Å². The van der Waals surface area contributed by atoms with Gasteiger partial charge in [0.1, 0.15) is 5.76 Å². The molecule has 20 heavy (non-hydrogen) atoms. The number of oxazole rings is 1. The first-order chi connectivity index (χ1) is 9.29. The molecule has 0 atom stereocenters. The molecule has 0 aliphatic heterocycles. The molecule has 106 valence electrons. The van der Waals surface area contributed by atoms with Crippen molar-refractivity contribution in [1.29, 1.82) is 0 Å². The molecule has 0 unspecified atom stereocenters. The molecule has 5 nitrogen and oxygen atoms in total. The van der Waals surface area contributed by atoms with E-state index in [9.17, 15) is 4.79 Å². The van der Waals surface area contributed by atoms with Crippen LogP contribution in [0, 0.1) is 6.92 Å². The number of carbonyl (C=O) groups excluding carboxylic acids is 1. The van der Waals surface area contributed by atoms with Crippen LogP contribution in [-0.4, -0.2) is 10.9 Å². The number of nitrogens with zero attached hydrogens (tertiary/aromatic N) is 1. The van der Waals surface area contributed by atoms with Crippen molar-refractivity contribution >= 4 is 17.3 Å². The minimum absolute atomic E-state index is 0.282. The van der Waals surface area contributed by atoms with E-state index in [1.165, 1.54) is 6.39 Å². The molecule has 0 radical (unpaired) electrons. The van der Waals surface area contributed by atoms with Gasteiger partial charge in [-0.05, 0) is 24.6 Å². The summed E-state index contributed by atoms with van der Waals surface area (Å²) in [6, 6.07) is 5.39. The first kappa shape index (κ1) is 14.1. The van der Waals surface area contributed by atoms with Crippen LogP contribution in [0.5, 0.6) is 0 Å². The Bertz CT molecular complexity index is 639. The number of nitrogen functional groups attached to an aromatic ring is 1. The van der Waals surface area contributed by atoms with Crippen molar-refractivity contribution in [3.8, 4) is 0 Å². The van der Waals surface area contributed by atoms with Crippen molar-refractivity contribution in [3.63, 3.8) is 0 Å². The van der Waals surface area contributed by atoms with Gasteiger partial charge in [-0.2, -0.15) is 0 Å². The highest BCUT2D eigenvalue weighted by Crippen LogP contribution is 2.26. The van der Waals surface area contributed by atoms with Crippen LogP contribution >= 0.6 is 0 Å². The number of hydrogen-bond donors (Lipinski definition) is 2. The van der Waals surface area contributed by atoms with E-state index in [0.717, 1.165) is 5.56 Å². The number of aryl methyl sites for hydroxylation is 1. The predicted octanol–water partition coefficient (Wildman–Crippen LogP) is 3.12. The molecule has 0 aliphatic carbocycles. The highest BCUT2D eigenvalue weighted by atomic mass is 16.3. The van der Waals surface area contributed by atoms with Crippen molar-refractivity contribution in [3.05, 3.63) is 41.6 Å². The molecule has 0 spiro atoms. The lowest BCUT2D eigenvalue weighted by atomic mass is 9.91. The fourth-order valence-corrected chi connectivity index (χ4v) is 1.85. The summed E-state index contributed by atoms with van der Waals surface area (Å²) in [4.78, 5) is 16.3. The van der Waals surface area contributed by atoms with E-state index in [-0.39, 0.29) is 11.3 Å². The second kappa shape index (κ2) is 5.00. The summed E-state index contributed by atoms with van der Waals surface area (Å²) in [5.41, 5.74) is 8.10. The van der Waals surface area contributed by atoms with E-state index in [1.807, 2.05) is 33.8 Å². The average molecular weight is 273 g/mol. The fourth-order valence-electron chi connectivity index (χ4n) is 1.85. The minimum atomic E-state index is -0.299. The van der Waals surface area contributed by atoms with E-state index in [4.69, 9.17) is 10.2 Å². The number of aromatic nitrogens is 1. The summed E-state index contributed by atoms with van der Waals surface area (Å²) >= 11 is 0. The first-order valence-electron chi connectivity index (χ1n) is 6.40. The second-order valence-electron chi connectivity index (χ2n) is 5.81. The molecule has 5 heteroatoms. The van der Waals surface area contributed by atoms with Gasteiger partial charge >= 0.3 is 0 Å². The van der Waals surface area contributed by atoms with Crippen LogP contribution in [0.1, 0.15) is 42.6 Å². The smallest absolute Gasteiger partial charge is 0.277 e. The zero-order valence-corrected chi connectivity index (χ0v) is 12.2. The molecule has 0 bridgehead atoms. The number of rotatable bonds is 2. The number of nitrogens with two attached hydrogens (primary N) is 1. The standard InChI is InChI=1S/C15H19N3O2/c1-9-5-6-10(7-11(9)16)18-14(19)12-13(15(2,3)4)20-8-17-12/h5-8H,16H2,1-4H3,(H,18,19). The molecule has 1 aromatic carbocycles. The molecular formula is C15H19N3O2. The Morgan fingerprint density at radius 1 is 1.35 bits per heavy atom. The first-order valence-corrected chi connectivity index (χ1v) is 6.40. The average Bonchev–Trinajstić information content (AvgIpc) is 2.83. The van der Waals surface area contributed by atoms with Gasteiger partial charge in [0.25, 0.3) is 5.91 Å². The molecule has 0 saturated carbocycles. The Hall–Kier alpha value is -2.30. The Morgan fingerprint density at radius 2 is 2.05 bits per heavy atom. The Kier molecular flexibility index (Phi) is 3.53. The molecule has 1 aromatic heterocycles. The van der Waals surface area contributed by atoms with Crippen molar-refractivity contribution in [2.45, 2.75) is 33.1 Å². The largest absolute Gasteiger partial charge is 0.447 e. The predicted molar refractivity (Wildman–Crippen MR) is 78.7 cm³/mol. The lowest BCUT2D eigenvalue weighted by molar-refractivity contribution is 0.101.